The molecule has 0 fully saturated rings. The molecule has 5 heteroatoms. The number of benzene rings is 2. The zero-order valence-corrected chi connectivity index (χ0v) is 11.3. The molecule has 0 N–H and O–H groups in total. The number of hydrogen-bond donors (Lipinski definition) is 0. The van der Waals surface area contributed by atoms with E-state index in [-0.39, 0.29) is 12.4 Å². The van der Waals surface area contributed by atoms with Crippen LogP contribution in [0.15, 0.2) is 47.4 Å². The van der Waals surface area contributed by atoms with Gasteiger partial charge in [-0.15, -0.1) is 12.4 Å². The smallest absolute Gasteiger partial charge is 0.207 e. The van der Waals surface area contributed by atoms with Crippen LogP contribution in [0.1, 0.15) is 0 Å². The van der Waals surface area contributed by atoms with Gasteiger partial charge in [-0.25, -0.2) is 12.7 Å². The minimum absolute atomic E-state index is 0. The van der Waals surface area contributed by atoms with Crippen molar-refractivity contribution in [2.24, 2.45) is 0 Å². The van der Waals surface area contributed by atoms with E-state index in [2.05, 4.69) is 0 Å². The lowest BCUT2D eigenvalue weighted by Gasteiger charge is -2.13. The lowest BCUT2D eigenvalue weighted by Crippen LogP contribution is -2.22. The van der Waals surface area contributed by atoms with E-state index in [0.717, 1.165) is 10.8 Å². The van der Waals surface area contributed by atoms with Gasteiger partial charge < -0.3 is 0 Å². The van der Waals surface area contributed by atoms with Gasteiger partial charge in [-0.2, -0.15) is 0 Å². The maximum Gasteiger partial charge on any atom is 0.243 e. The zero-order valence-electron chi connectivity index (χ0n) is 9.62. The van der Waals surface area contributed by atoms with E-state index in [0.29, 0.717) is 4.90 Å². The summed E-state index contributed by atoms with van der Waals surface area (Å²) in [7, 11) is -0.293. The Bertz CT molecular complexity index is 618. The summed E-state index contributed by atoms with van der Waals surface area (Å²) in [5.41, 5.74) is 0. The molecule has 0 heterocycles. The monoisotopic (exact) mass is 271 g/mol. The Morgan fingerprint density at radius 1 is 0.941 bits per heavy atom. The Morgan fingerprint density at radius 2 is 1.53 bits per heavy atom. The molecule has 0 spiro atoms. The van der Waals surface area contributed by atoms with Crippen LogP contribution in [0.2, 0.25) is 0 Å². The molecule has 0 radical (unpaired) electrons. The Kier molecular flexibility index (Phi) is 4.14. The first-order valence-corrected chi connectivity index (χ1v) is 6.38. The van der Waals surface area contributed by atoms with Crippen LogP contribution in [0.25, 0.3) is 10.8 Å². The van der Waals surface area contributed by atoms with Crippen LogP contribution < -0.4 is 0 Å². The van der Waals surface area contributed by atoms with Crippen molar-refractivity contribution in [3.63, 3.8) is 0 Å². The predicted molar refractivity (Wildman–Crippen MR) is 72.1 cm³/mol. The highest BCUT2D eigenvalue weighted by Gasteiger charge is 2.19. The first kappa shape index (κ1) is 14.0. The third-order valence-electron chi connectivity index (χ3n) is 2.51. The topological polar surface area (TPSA) is 37.4 Å². The summed E-state index contributed by atoms with van der Waals surface area (Å²) in [5.74, 6) is 0. The lowest BCUT2D eigenvalue weighted by atomic mass is 10.1. The van der Waals surface area contributed by atoms with Gasteiger partial charge in [0.25, 0.3) is 0 Å². The Balaban J connectivity index is 0.00000144. The number of rotatable bonds is 2. The highest BCUT2D eigenvalue weighted by molar-refractivity contribution is 7.89. The van der Waals surface area contributed by atoms with E-state index < -0.39 is 10.0 Å². The van der Waals surface area contributed by atoms with Crippen molar-refractivity contribution in [1.29, 1.82) is 0 Å². The molecule has 0 aliphatic heterocycles. The van der Waals surface area contributed by atoms with Gasteiger partial charge in [0.2, 0.25) is 10.0 Å². The van der Waals surface area contributed by atoms with Crippen LogP contribution in [0.5, 0.6) is 0 Å². The quantitative estimate of drug-likeness (QED) is 0.842. The molecule has 3 nitrogen and oxygen atoms in total. The van der Waals surface area contributed by atoms with Crippen molar-refractivity contribution in [2.75, 3.05) is 14.1 Å². The van der Waals surface area contributed by atoms with E-state index in [4.69, 9.17) is 0 Å². The van der Waals surface area contributed by atoms with Crippen molar-refractivity contribution in [1.82, 2.24) is 4.31 Å². The highest BCUT2D eigenvalue weighted by Crippen LogP contribution is 2.24. The molecule has 92 valence electrons. The van der Waals surface area contributed by atoms with E-state index >= 15 is 0 Å². The van der Waals surface area contributed by atoms with Crippen LogP contribution in [0, 0.1) is 0 Å². The second kappa shape index (κ2) is 5.04. The summed E-state index contributed by atoms with van der Waals surface area (Å²) >= 11 is 0. The summed E-state index contributed by atoms with van der Waals surface area (Å²) in [6.07, 6.45) is 0. The van der Waals surface area contributed by atoms with Gasteiger partial charge in [-0.1, -0.05) is 36.4 Å². The minimum atomic E-state index is -3.37. The number of halogens is 1. The van der Waals surface area contributed by atoms with Gasteiger partial charge in [-0.05, 0) is 11.5 Å². The van der Waals surface area contributed by atoms with Gasteiger partial charge in [0, 0.05) is 19.5 Å². The predicted octanol–water partition coefficient (Wildman–Crippen LogP) is 2.51. The molecular formula is C12H14ClNO2S. The second-order valence-corrected chi connectivity index (χ2v) is 5.88. The highest BCUT2D eigenvalue weighted by atomic mass is 35.5. The molecule has 2 aromatic rings. The van der Waals surface area contributed by atoms with Crippen molar-refractivity contribution in [2.45, 2.75) is 4.90 Å². The second-order valence-electron chi connectivity index (χ2n) is 3.76. The first-order valence-electron chi connectivity index (χ1n) is 4.94. The minimum Gasteiger partial charge on any atom is -0.207 e. The third kappa shape index (κ3) is 2.44. The van der Waals surface area contributed by atoms with Gasteiger partial charge in [0.05, 0.1) is 4.90 Å². The Labute approximate surface area is 108 Å². The molecule has 0 aliphatic carbocycles. The van der Waals surface area contributed by atoms with E-state index in [1.807, 2.05) is 30.3 Å². The molecule has 2 rings (SSSR count). The molecule has 17 heavy (non-hydrogen) atoms. The molecule has 0 saturated carbocycles. The molecule has 0 atom stereocenters. The largest absolute Gasteiger partial charge is 0.243 e. The summed E-state index contributed by atoms with van der Waals surface area (Å²) in [6, 6.07) is 12.8. The van der Waals surface area contributed by atoms with Crippen molar-refractivity contribution in [3.8, 4) is 0 Å². The molecule has 0 saturated heterocycles. The Morgan fingerprint density at radius 3 is 2.18 bits per heavy atom. The number of fused-ring (bicyclic) bond motifs is 1. The van der Waals surface area contributed by atoms with Crippen molar-refractivity contribution >= 4 is 33.2 Å². The molecule has 0 unspecified atom stereocenters. The normalized spacial score (nSPS) is 11.5. The zero-order chi connectivity index (χ0) is 11.8. The van der Waals surface area contributed by atoms with Gasteiger partial charge in [0.15, 0.2) is 0 Å². The van der Waals surface area contributed by atoms with Crippen LogP contribution in [-0.2, 0) is 10.0 Å². The molecule has 2 aromatic carbocycles. The third-order valence-corrected chi connectivity index (χ3v) is 4.38. The molecule has 0 aromatic heterocycles. The molecule has 0 amide bonds. The van der Waals surface area contributed by atoms with E-state index in [9.17, 15) is 8.42 Å². The molecular weight excluding hydrogens is 258 g/mol. The number of nitrogens with zero attached hydrogens (tertiary/aromatic N) is 1. The molecule has 0 aliphatic rings. The van der Waals surface area contributed by atoms with Crippen LogP contribution in [0.3, 0.4) is 0 Å². The van der Waals surface area contributed by atoms with Crippen molar-refractivity contribution in [3.05, 3.63) is 42.5 Å². The summed E-state index contributed by atoms with van der Waals surface area (Å²) in [6.45, 7) is 0. The lowest BCUT2D eigenvalue weighted by molar-refractivity contribution is 0.521. The van der Waals surface area contributed by atoms with Crippen molar-refractivity contribution < 1.29 is 8.42 Å². The van der Waals surface area contributed by atoms with Crippen LogP contribution in [-0.4, -0.2) is 26.8 Å². The van der Waals surface area contributed by atoms with Gasteiger partial charge >= 0.3 is 0 Å². The SMILES string of the molecule is CN(C)S(=O)(=O)c1cccc2ccccc12.Cl. The maximum absolute atomic E-state index is 12.1. The van der Waals surface area contributed by atoms with E-state index in [1.165, 1.54) is 18.4 Å². The number of hydrogen-bond acceptors (Lipinski definition) is 2. The maximum atomic E-state index is 12.1. The summed E-state index contributed by atoms with van der Waals surface area (Å²) < 4.78 is 25.4. The Hall–Kier alpha value is -1.10. The first-order chi connectivity index (χ1) is 7.53. The van der Waals surface area contributed by atoms with Crippen LogP contribution in [0.4, 0.5) is 0 Å². The summed E-state index contributed by atoms with van der Waals surface area (Å²) in [4.78, 5) is 0.357. The van der Waals surface area contributed by atoms with Gasteiger partial charge in [0.1, 0.15) is 0 Å². The van der Waals surface area contributed by atoms with Gasteiger partial charge in [-0.3, -0.25) is 0 Å². The fourth-order valence-corrected chi connectivity index (χ4v) is 2.73. The molecule has 0 bridgehead atoms. The van der Waals surface area contributed by atoms with Crippen LogP contribution >= 0.6 is 12.4 Å². The number of sulfonamides is 1. The fourth-order valence-electron chi connectivity index (χ4n) is 1.62. The average Bonchev–Trinajstić information content (AvgIpc) is 2.28. The summed E-state index contributed by atoms with van der Waals surface area (Å²) in [5, 5.41) is 1.70. The average molecular weight is 272 g/mol. The standard InChI is InChI=1S/C12H13NO2S.ClH/c1-13(2)16(14,15)12-9-5-7-10-6-3-4-8-11(10)12;/h3-9H,1-2H3;1H. The fraction of sp³-hybridized carbons (Fsp3) is 0.167. The van der Waals surface area contributed by atoms with E-state index in [1.54, 1.807) is 12.1 Å².